The second-order valence-corrected chi connectivity index (χ2v) is 5.48. The molecule has 6 heteroatoms. The third-order valence-corrected chi connectivity index (χ3v) is 4.14. The Balaban J connectivity index is 3.23. The number of rotatable bonds is 5. The van der Waals surface area contributed by atoms with E-state index in [1.165, 1.54) is 0 Å². The molecule has 0 unspecified atom stereocenters. The molecule has 0 atom stereocenters. The Morgan fingerprint density at radius 2 is 1.82 bits per heavy atom. The minimum Gasteiger partial charge on any atom is -0.497 e. The molecule has 96 valence electrons. The van der Waals surface area contributed by atoms with E-state index in [4.69, 9.17) is 10.5 Å². The summed E-state index contributed by atoms with van der Waals surface area (Å²) in [4.78, 5) is 0.298. The van der Waals surface area contributed by atoms with Crippen molar-refractivity contribution in [1.29, 1.82) is 0 Å². The molecule has 0 aromatic heterocycles. The third-order valence-electron chi connectivity index (χ3n) is 2.37. The molecule has 5 nitrogen and oxygen atoms in total. The molecule has 0 saturated carbocycles. The van der Waals surface area contributed by atoms with E-state index in [0.717, 1.165) is 0 Å². The molecule has 0 amide bonds. The maximum absolute atomic E-state index is 12.0. The van der Waals surface area contributed by atoms with E-state index in [0.29, 0.717) is 21.8 Å². The third kappa shape index (κ3) is 3.18. The second kappa shape index (κ2) is 5.48. The van der Waals surface area contributed by atoms with Crippen LogP contribution in [-0.2, 0) is 10.0 Å². The zero-order valence-corrected chi connectivity index (χ0v) is 11.1. The lowest BCUT2D eigenvalue weighted by molar-refractivity contribution is 0.413. The lowest BCUT2D eigenvalue weighted by atomic mass is 10.1. The van der Waals surface area contributed by atoms with E-state index in [9.17, 15) is 8.42 Å². The lowest BCUT2D eigenvalue weighted by Crippen LogP contribution is -2.30. The summed E-state index contributed by atoms with van der Waals surface area (Å²) < 4.78 is 31.6. The largest absolute Gasteiger partial charge is 0.497 e. The average Bonchev–Trinajstić information content (AvgIpc) is 2.25. The van der Waals surface area contributed by atoms with Gasteiger partial charge in [-0.1, -0.05) is 0 Å². The predicted octanol–water partition coefficient (Wildman–Crippen LogP) is 0.549. The molecule has 17 heavy (non-hydrogen) atoms. The Bertz CT molecular complexity index is 474. The highest BCUT2D eigenvalue weighted by Gasteiger charge is 2.19. The van der Waals surface area contributed by atoms with Crippen molar-refractivity contribution in [1.82, 2.24) is 4.72 Å². The summed E-state index contributed by atoms with van der Waals surface area (Å²) in [5, 5.41) is 0. The van der Waals surface area contributed by atoms with Gasteiger partial charge in [0.1, 0.15) is 5.75 Å². The molecule has 0 fully saturated rings. The van der Waals surface area contributed by atoms with Crippen LogP contribution in [0.4, 0.5) is 0 Å². The first kappa shape index (κ1) is 14.0. The molecule has 0 aliphatic heterocycles. The predicted molar refractivity (Wildman–Crippen MR) is 66.7 cm³/mol. The van der Waals surface area contributed by atoms with E-state index in [1.807, 2.05) is 0 Å². The van der Waals surface area contributed by atoms with Gasteiger partial charge in [0.05, 0.1) is 12.0 Å². The fraction of sp³-hybridized carbons (Fsp3) is 0.455. The quantitative estimate of drug-likeness (QED) is 0.808. The number of aryl methyl sites for hydroxylation is 2. The van der Waals surface area contributed by atoms with Crippen molar-refractivity contribution in [3.05, 3.63) is 23.3 Å². The van der Waals surface area contributed by atoms with Gasteiger partial charge < -0.3 is 10.5 Å². The molecule has 0 spiro atoms. The summed E-state index contributed by atoms with van der Waals surface area (Å²) in [5.41, 5.74) is 6.61. The standard InChI is InChI=1S/C11H18N2O3S/c1-8-6-10(16-3)7-9(2)11(8)17(14,15)13-5-4-12/h6-7,13H,4-5,12H2,1-3H3. The molecule has 0 saturated heterocycles. The highest BCUT2D eigenvalue weighted by molar-refractivity contribution is 7.89. The molecule has 1 aromatic carbocycles. The summed E-state index contributed by atoms with van der Waals surface area (Å²) >= 11 is 0. The number of benzene rings is 1. The molecule has 0 radical (unpaired) electrons. The molecule has 0 aliphatic carbocycles. The SMILES string of the molecule is COc1cc(C)c(S(=O)(=O)NCCN)c(C)c1. The number of hydrogen-bond acceptors (Lipinski definition) is 4. The second-order valence-electron chi connectivity index (χ2n) is 3.78. The Labute approximate surface area is 102 Å². The normalized spacial score (nSPS) is 11.5. The number of ether oxygens (including phenoxy) is 1. The Kier molecular flexibility index (Phi) is 4.50. The molecular formula is C11H18N2O3S. The van der Waals surface area contributed by atoms with Crippen LogP contribution in [0.15, 0.2) is 17.0 Å². The van der Waals surface area contributed by atoms with Gasteiger partial charge in [0.25, 0.3) is 0 Å². The van der Waals surface area contributed by atoms with Gasteiger partial charge in [0.2, 0.25) is 10.0 Å². The van der Waals surface area contributed by atoms with Crippen molar-refractivity contribution in [2.24, 2.45) is 5.73 Å². The van der Waals surface area contributed by atoms with Gasteiger partial charge in [-0.05, 0) is 37.1 Å². The summed E-state index contributed by atoms with van der Waals surface area (Å²) in [6.45, 7) is 3.99. The Morgan fingerprint density at radius 1 is 1.29 bits per heavy atom. The van der Waals surface area contributed by atoms with Crippen molar-refractivity contribution in [3.8, 4) is 5.75 Å². The van der Waals surface area contributed by atoms with Crippen LogP contribution < -0.4 is 15.2 Å². The summed E-state index contributed by atoms with van der Waals surface area (Å²) in [5.74, 6) is 0.651. The van der Waals surface area contributed by atoms with E-state index in [2.05, 4.69) is 4.72 Å². The highest BCUT2D eigenvalue weighted by atomic mass is 32.2. The van der Waals surface area contributed by atoms with Crippen molar-refractivity contribution in [2.45, 2.75) is 18.7 Å². The topological polar surface area (TPSA) is 81.4 Å². The van der Waals surface area contributed by atoms with Gasteiger partial charge in [0.15, 0.2) is 0 Å². The summed E-state index contributed by atoms with van der Waals surface area (Å²) in [7, 11) is -1.94. The van der Waals surface area contributed by atoms with Gasteiger partial charge in [-0.2, -0.15) is 0 Å². The van der Waals surface area contributed by atoms with Crippen LogP contribution in [0, 0.1) is 13.8 Å². The van der Waals surface area contributed by atoms with Crippen LogP contribution in [0.5, 0.6) is 5.75 Å². The number of methoxy groups -OCH3 is 1. The van der Waals surface area contributed by atoms with Crippen LogP contribution in [0.25, 0.3) is 0 Å². The molecule has 0 bridgehead atoms. The Hall–Kier alpha value is -1.11. The average molecular weight is 258 g/mol. The van der Waals surface area contributed by atoms with Gasteiger partial charge in [-0.25, -0.2) is 13.1 Å². The minimum atomic E-state index is -3.49. The number of nitrogens with two attached hydrogens (primary N) is 1. The maximum atomic E-state index is 12.0. The van der Waals surface area contributed by atoms with Gasteiger partial charge >= 0.3 is 0 Å². The van der Waals surface area contributed by atoms with Crippen LogP contribution >= 0.6 is 0 Å². The van der Waals surface area contributed by atoms with Crippen molar-refractivity contribution in [2.75, 3.05) is 20.2 Å². The van der Waals surface area contributed by atoms with Crippen LogP contribution in [-0.4, -0.2) is 28.6 Å². The minimum absolute atomic E-state index is 0.229. The molecule has 0 aliphatic rings. The van der Waals surface area contributed by atoms with Crippen molar-refractivity contribution >= 4 is 10.0 Å². The van der Waals surface area contributed by atoms with Gasteiger partial charge in [-0.15, -0.1) is 0 Å². The monoisotopic (exact) mass is 258 g/mol. The zero-order valence-electron chi connectivity index (χ0n) is 10.3. The van der Waals surface area contributed by atoms with E-state index < -0.39 is 10.0 Å². The number of nitrogens with one attached hydrogen (secondary N) is 1. The number of sulfonamides is 1. The first-order valence-corrected chi connectivity index (χ1v) is 6.75. The van der Waals surface area contributed by atoms with Crippen molar-refractivity contribution in [3.63, 3.8) is 0 Å². The van der Waals surface area contributed by atoms with Gasteiger partial charge in [0, 0.05) is 13.1 Å². The fourth-order valence-corrected chi connectivity index (χ4v) is 3.21. The van der Waals surface area contributed by atoms with Crippen LogP contribution in [0.2, 0.25) is 0 Å². The van der Waals surface area contributed by atoms with E-state index in [-0.39, 0.29) is 13.1 Å². The molecule has 1 aromatic rings. The molecule has 0 heterocycles. The lowest BCUT2D eigenvalue weighted by Gasteiger charge is -2.13. The van der Waals surface area contributed by atoms with Crippen molar-refractivity contribution < 1.29 is 13.2 Å². The van der Waals surface area contributed by atoms with E-state index >= 15 is 0 Å². The molecule has 3 N–H and O–H groups in total. The zero-order chi connectivity index (χ0) is 13.1. The maximum Gasteiger partial charge on any atom is 0.241 e. The smallest absolute Gasteiger partial charge is 0.241 e. The number of hydrogen-bond donors (Lipinski definition) is 2. The first-order valence-electron chi connectivity index (χ1n) is 5.27. The highest BCUT2D eigenvalue weighted by Crippen LogP contribution is 2.25. The first-order chi connectivity index (χ1) is 7.92. The summed E-state index contributed by atoms with van der Waals surface area (Å²) in [6, 6.07) is 3.40. The van der Waals surface area contributed by atoms with Crippen LogP contribution in [0.3, 0.4) is 0 Å². The van der Waals surface area contributed by atoms with Gasteiger partial charge in [-0.3, -0.25) is 0 Å². The fourth-order valence-electron chi connectivity index (χ4n) is 1.72. The molecular weight excluding hydrogens is 240 g/mol. The van der Waals surface area contributed by atoms with Crippen LogP contribution in [0.1, 0.15) is 11.1 Å². The summed E-state index contributed by atoms with van der Waals surface area (Å²) in [6.07, 6.45) is 0. The Morgan fingerprint density at radius 3 is 2.24 bits per heavy atom. The molecule has 1 rings (SSSR count). The van der Waals surface area contributed by atoms with E-state index in [1.54, 1.807) is 33.1 Å².